The average molecular weight is 322 g/mol. The first-order chi connectivity index (χ1) is 11.1. The lowest BCUT2D eigenvalue weighted by Gasteiger charge is -1.99. The lowest BCUT2D eigenvalue weighted by Crippen LogP contribution is -1.90. The molecule has 0 bridgehead atoms. The molecule has 1 N–H and O–H groups in total. The minimum atomic E-state index is -0.171. The van der Waals surface area contributed by atoms with E-state index in [2.05, 4.69) is 9.98 Å². The fraction of sp³-hybridized carbons (Fsp3) is 0.111. The minimum Gasteiger partial charge on any atom is -0.479 e. The van der Waals surface area contributed by atoms with Crippen molar-refractivity contribution in [1.29, 1.82) is 0 Å². The molecule has 4 nitrogen and oxygen atoms in total. The number of thiophene rings is 1. The molecule has 0 saturated heterocycles. The number of benzene rings is 1. The van der Waals surface area contributed by atoms with Gasteiger partial charge in [-0.3, -0.25) is 4.99 Å². The maximum Gasteiger partial charge on any atom is 0.310 e. The standard InChI is InChI=1S/C18H14N2O2S/c1-10-7-8-16(23-10)17-20-15(18(21)22-17)9-13-11(2)19-14-6-4-3-5-12(13)14/h3-9,21H,1-2H3/b13-9+. The molecule has 0 radical (unpaired) electrons. The molecule has 0 saturated carbocycles. The van der Waals surface area contributed by atoms with Crippen molar-refractivity contribution in [3.05, 3.63) is 52.5 Å². The van der Waals surface area contributed by atoms with Crippen molar-refractivity contribution in [2.24, 2.45) is 4.99 Å². The summed E-state index contributed by atoms with van der Waals surface area (Å²) in [5, 5.41) is 10.1. The van der Waals surface area contributed by atoms with Crippen LogP contribution in [0.4, 0.5) is 5.69 Å². The number of aliphatic imine (C=N–C) groups is 1. The summed E-state index contributed by atoms with van der Waals surface area (Å²) in [6.45, 7) is 3.97. The molecule has 0 unspecified atom stereocenters. The molecule has 0 amide bonds. The largest absolute Gasteiger partial charge is 0.479 e. The summed E-state index contributed by atoms with van der Waals surface area (Å²) in [5.41, 5.74) is 4.27. The molecule has 5 heteroatoms. The molecule has 4 rings (SSSR count). The van der Waals surface area contributed by atoms with Crippen LogP contribution in [0.5, 0.6) is 5.95 Å². The lowest BCUT2D eigenvalue weighted by molar-refractivity contribution is 0.337. The summed E-state index contributed by atoms with van der Waals surface area (Å²) in [4.78, 5) is 11.0. The average Bonchev–Trinajstić information content (AvgIpc) is 3.19. The molecular weight excluding hydrogens is 308 g/mol. The molecule has 1 aliphatic rings. The maximum atomic E-state index is 10.1. The Morgan fingerprint density at radius 2 is 1.96 bits per heavy atom. The normalized spacial score (nSPS) is 15.0. The van der Waals surface area contributed by atoms with Gasteiger partial charge in [0.25, 0.3) is 0 Å². The van der Waals surface area contributed by atoms with Crippen LogP contribution in [0, 0.1) is 6.92 Å². The number of hydrogen-bond acceptors (Lipinski definition) is 5. The van der Waals surface area contributed by atoms with Crippen LogP contribution in [0.3, 0.4) is 0 Å². The fourth-order valence-electron chi connectivity index (χ4n) is 2.63. The molecular formula is C18H14N2O2S. The molecule has 0 aliphatic carbocycles. The van der Waals surface area contributed by atoms with Gasteiger partial charge < -0.3 is 9.52 Å². The highest BCUT2D eigenvalue weighted by molar-refractivity contribution is 7.15. The van der Waals surface area contributed by atoms with Gasteiger partial charge in [-0.05, 0) is 38.1 Å². The number of hydrogen-bond donors (Lipinski definition) is 1. The number of aromatic hydroxyl groups is 1. The minimum absolute atomic E-state index is 0.171. The molecule has 1 aliphatic heterocycles. The summed E-state index contributed by atoms with van der Waals surface area (Å²) in [5.74, 6) is 0.268. The predicted molar refractivity (Wildman–Crippen MR) is 93.3 cm³/mol. The number of allylic oxidation sites excluding steroid dienone is 1. The van der Waals surface area contributed by atoms with Crippen LogP contribution in [0.25, 0.3) is 22.4 Å². The Labute approximate surface area is 137 Å². The number of oxazole rings is 1. The second-order valence-corrected chi connectivity index (χ2v) is 6.68. The first kappa shape index (κ1) is 14.0. The van der Waals surface area contributed by atoms with Crippen LogP contribution in [0.1, 0.15) is 23.1 Å². The van der Waals surface area contributed by atoms with E-state index in [4.69, 9.17) is 4.42 Å². The van der Waals surface area contributed by atoms with Crippen molar-refractivity contribution in [3.8, 4) is 16.7 Å². The number of para-hydroxylation sites is 1. The Morgan fingerprint density at radius 1 is 1.13 bits per heavy atom. The van der Waals surface area contributed by atoms with Gasteiger partial charge in [0.05, 0.1) is 10.6 Å². The SMILES string of the molecule is CC1=Nc2ccccc2/C1=C/c1nc(-c2ccc(C)s2)oc1O. The van der Waals surface area contributed by atoms with E-state index in [9.17, 15) is 5.11 Å². The molecule has 0 atom stereocenters. The van der Waals surface area contributed by atoms with E-state index >= 15 is 0 Å². The molecule has 2 aromatic heterocycles. The zero-order chi connectivity index (χ0) is 16.0. The highest BCUT2D eigenvalue weighted by atomic mass is 32.1. The third-order valence-corrected chi connectivity index (χ3v) is 4.73. The lowest BCUT2D eigenvalue weighted by atomic mass is 10.0. The molecule has 0 spiro atoms. The molecule has 0 fully saturated rings. The number of rotatable bonds is 2. The zero-order valence-corrected chi connectivity index (χ0v) is 13.5. The van der Waals surface area contributed by atoms with Crippen LogP contribution >= 0.6 is 11.3 Å². The van der Waals surface area contributed by atoms with E-state index in [1.807, 2.05) is 56.3 Å². The molecule has 3 aromatic rings. The van der Waals surface area contributed by atoms with Crippen LogP contribution in [-0.4, -0.2) is 15.8 Å². The smallest absolute Gasteiger partial charge is 0.310 e. The summed E-state index contributed by atoms with van der Waals surface area (Å²) in [6, 6.07) is 11.9. The molecule has 114 valence electrons. The van der Waals surface area contributed by atoms with Gasteiger partial charge in [0.15, 0.2) is 0 Å². The molecule has 23 heavy (non-hydrogen) atoms. The van der Waals surface area contributed by atoms with Gasteiger partial charge in [-0.2, -0.15) is 0 Å². The van der Waals surface area contributed by atoms with Gasteiger partial charge in [-0.1, -0.05) is 18.2 Å². The number of fused-ring (bicyclic) bond motifs is 1. The van der Waals surface area contributed by atoms with Gasteiger partial charge in [0.1, 0.15) is 5.69 Å². The van der Waals surface area contributed by atoms with Crippen molar-refractivity contribution in [1.82, 2.24) is 4.98 Å². The van der Waals surface area contributed by atoms with Gasteiger partial charge in [0, 0.05) is 21.7 Å². The Kier molecular flexibility index (Phi) is 3.16. The van der Waals surface area contributed by atoms with E-state index in [1.165, 1.54) is 4.88 Å². The van der Waals surface area contributed by atoms with Crippen molar-refractivity contribution < 1.29 is 9.52 Å². The summed E-state index contributed by atoms with van der Waals surface area (Å²) < 4.78 is 5.42. The molecule has 3 heterocycles. The zero-order valence-electron chi connectivity index (χ0n) is 12.7. The van der Waals surface area contributed by atoms with E-state index in [0.29, 0.717) is 11.6 Å². The van der Waals surface area contributed by atoms with Crippen molar-refractivity contribution >= 4 is 34.4 Å². The topological polar surface area (TPSA) is 58.6 Å². The Hall–Kier alpha value is -2.66. The fourth-order valence-corrected chi connectivity index (χ4v) is 3.42. The van der Waals surface area contributed by atoms with Crippen molar-refractivity contribution in [2.45, 2.75) is 13.8 Å². The Bertz CT molecular complexity index is 963. The van der Waals surface area contributed by atoms with Gasteiger partial charge in [-0.25, -0.2) is 4.98 Å². The van der Waals surface area contributed by atoms with Crippen LogP contribution in [0.15, 0.2) is 45.8 Å². The highest BCUT2D eigenvalue weighted by Gasteiger charge is 2.20. The predicted octanol–water partition coefficient (Wildman–Crippen LogP) is 5.06. The van der Waals surface area contributed by atoms with Crippen molar-refractivity contribution in [3.63, 3.8) is 0 Å². The molecule has 1 aromatic carbocycles. The summed E-state index contributed by atoms with van der Waals surface area (Å²) in [7, 11) is 0. The highest BCUT2D eigenvalue weighted by Crippen LogP contribution is 2.38. The van der Waals surface area contributed by atoms with Crippen LogP contribution in [0.2, 0.25) is 0 Å². The monoisotopic (exact) mass is 322 g/mol. The van der Waals surface area contributed by atoms with Gasteiger partial charge in [-0.15, -0.1) is 11.3 Å². The van der Waals surface area contributed by atoms with Crippen LogP contribution in [-0.2, 0) is 0 Å². The third kappa shape index (κ3) is 2.39. The number of aryl methyl sites for hydroxylation is 1. The second-order valence-electron chi connectivity index (χ2n) is 5.39. The summed E-state index contributed by atoms with van der Waals surface area (Å²) in [6.07, 6.45) is 1.83. The maximum absolute atomic E-state index is 10.1. The first-order valence-electron chi connectivity index (χ1n) is 7.25. The summed E-state index contributed by atoms with van der Waals surface area (Å²) >= 11 is 1.58. The Morgan fingerprint density at radius 3 is 2.74 bits per heavy atom. The quantitative estimate of drug-likeness (QED) is 0.717. The first-order valence-corrected chi connectivity index (χ1v) is 8.07. The van der Waals surface area contributed by atoms with E-state index in [-0.39, 0.29) is 5.95 Å². The number of aromatic nitrogens is 1. The van der Waals surface area contributed by atoms with E-state index in [1.54, 1.807) is 11.3 Å². The van der Waals surface area contributed by atoms with Crippen LogP contribution < -0.4 is 0 Å². The third-order valence-electron chi connectivity index (χ3n) is 3.74. The second kappa shape index (κ2) is 5.21. The van der Waals surface area contributed by atoms with Crippen molar-refractivity contribution in [2.75, 3.05) is 0 Å². The number of nitrogens with zero attached hydrogens (tertiary/aromatic N) is 2. The Balaban J connectivity index is 1.78. The van der Waals surface area contributed by atoms with Gasteiger partial charge >= 0.3 is 5.95 Å². The van der Waals surface area contributed by atoms with E-state index in [0.717, 1.165) is 27.4 Å². The van der Waals surface area contributed by atoms with Gasteiger partial charge in [0.2, 0.25) is 5.89 Å². The van der Waals surface area contributed by atoms with E-state index < -0.39 is 0 Å².